The Balaban J connectivity index is 1.84. The molecule has 6 nitrogen and oxygen atoms in total. The van der Waals surface area contributed by atoms with Crippen LogP contribution in [0, 0.1) is 0 Å². The summed E-state index contributed by atoms with van der Waals surface area (Å²) in [5.41, 5.74) is 1.34. The lowest BCUT2D eigenvalue weighted by Gasteiger charge is -2.34. The van der Waals surface area contributed by atoms with Crippen LogP contribution in [0.5, 0.6) is 0 Å². The Hall–Kier alpha value is -2.11. The lowest BCUT2D eigenvalue weighted by atomic mass is 9.99. The molecule has 118 valence electrons. The number of hydrogen-bond donors (Lipinski definition) is 0. The SMILES string of the molecule is CC(C)c1cc(C(=O)N2CCCC[C@H]2c2ccn(C)n2)no1. The molecule has 0 radical (unpaired) electrons. The minimum atomic E-state index is -0.0639. The fourth-order valence-corrected chi connectivity index (χ4v) is 2.90. The smallest absolute Gasteiger partial charge is 0.276 e. The second-order valence-electron chi connectivity index (χ2n) is 6.19. The first-order valence-corrected chi connectivity index (χ1v) is 7.83. The highest BCUT2D eigenvalue weighted by atomic mass is 16.5. The van der Waals surface area contributed by atoms with Gasteiger partial charge in [0, 0.05) is 31.8 Å². The van der Waals surface area contributed by atoms with Gasteiger partial charge in [0.1, 0.15) is 5.76 Å². The van der Waals surface area contributed by atoms with Crippen LogP contribution in [0.15, 0.2) is 22.9 Å². The van der Waals surface area contributed by atoms with Crippen LogP contribution in [-0.4, -0.2) is 32.3 Å². The van der Waals surface area contributed by atoms with Gasteiger partial charge in [-0.05, 0) is 25.3 Å². The zero-order valence-corrected chi connectivity index (χ0v) is 13.3. The minimum Gasteiger partial charge on any atom is -0.360 e. The van der Waals surface area contributed by atoms with Gasteiger partial charge in [0.05, 0.1) is 11.7 Å². The Bertz CT molecular complexity index is 659. The molecule has 2 aromatic heterocycles. The first kappa shape index (κ1) is 14.8. The zero-order valence-electron chi connectivity index (χ0n) is 13.3. The Morgan fingerprint density at radius 1 is 1.41 bits per heavy atom. The van der Waals surface area contributed by atoms with Gasteiger partial charge in [-0.1, -0.05) is 19.0 Å². The van der Waals surface area contributed by atoms with Crippen molar-refractivity contribution in [2.75, 3.05) is 6.54 Å². The van der Waals surface area contributed by atoms with E-state index in [-0.39, 0.29) is 17.9 Å². The summed E-state index contributed by atoms with van der Waals surface area (Å²) in [5, 5.41) is 8.43. The van der Waals surface area contributed by atoms with E-state index < -0.39 is 0 Å². The molecular weight excluding hydrogens is 280 g/mol. The third-order valence-electron chi connectivity index (χ3n) is 4.16. The molecule has 0 unspecified atom stereocenters. The van der Waals surface area contributed by atoms with Gasteiger partial charge in [0.25, 0.3) is 5.91 Å². The van der Waals surface area contributed by atoms with Crippen LogP contribution in [0.25, 0.3) is 0 Å². The van der Waals surface area contributed by atoms with E-state index in [9.17, 15) is 4.79 Å². The van der Waals surface area contributed by atoms with E-state index in [1.807, 2.05) is 38.1 Å². The van der Waals surface area contributed by atoms with Crippen LogP contribution in [-0.2, 0) is 7.05 Å². The third kappa shape index (κ3) is 2.77. The Labute approximate surface area is 130 Å². The molecule has 3 rings (SSSR count). The van der Waals surface area contributed by atoms with Gasteiger partial charge in [0.15, 0.2) is 5.69 Å². The average molecular weight is 302 g/mol. The molecule has 2 aromatic rings. The fourth-order valence-electron chi connectivity index (χ4n) is 2.90. The maximum atomic E-state index is 12.8. The van der Waals surface area contributed by atoms with Crippen LogP contribution in [0.2, 0.25) is 0 Å². The van der Waals surface area contributed by atoms with E-state index in [1.165, 1.54) is 0 Å². The largest absolute Gasteiger partial charge is 0.360 e. The molecule has 0 bridgehead atoms. The number of hydrogen-bond acceptors (Lipinski definition) is 4. The third-order valence-corrected chi connectivity index (χ3v) is 4.16. The average Bonchev–Trinajstić information content (AvgIpc) is 3.15. The second-order valence-corrected chi connectivity index (χ2v) is 6.19. The quantitative estimate of drug-likeness (QED) is 0.874. The van der Waals surface area contributed by atoms with Gasteiger partial charge in [-0.3, -0.25) is 9.48 Å². The number of nitrogens with zero attached hydrogens (tertiary/aromatic N) is 4. The fraction of sp³-hybridized carbons (Fsp3) is 0.562. The minimum absolute atomic E-state index is 0.0293. The van der Waals surface area contributed by atoms with Crippen molar-refractivity contribution in [3.05, 3.63) is 35.5 Å². The van der Waals surface area contributed by atoms with Gasteiger partial charge in [-0.25, -0.2) is 0 Å². The number of carbonyl (C=O) groups is 1. The summed E-state index contributed by atoms with van der Waals surface area (Å²) in [6.07, 6.45) is 4.99. The molecule has 1 fully saturated rings. The monoisotopic (exact) mass is 302 g/mol. The van der Waals surface area contributed by atoms with Gasteiger partial charge in [-0.15, -0.1) is 0 Å². The number of aryl methyl sites for hydroxylation is 1. The molecule has 1 aliphatic rings. The van der Waals surface area contributed by atoms with E-state index in [0.29, 0.717) is 5.69 Å². The van der Waals surface area contributed by atoms with Crippen molar-refractivity contribution in [3.8, 4) is 0 Å². The number of amides is 1. The van der Waals surface area contributed by atoms with Crippen molar-refractivity contribution in [2.24, 2.45) is 7.05 Å². The van der Waals surface area contributed by atoms with Crippen molar-refractivity contribution in [2.45, 2.75) is 45.1 Å². The predicted octanol–water partition coefficient (Wildman–Crippen LogP) is 2.90. The van der Waals surface area contributed by atoms with Gasteiger partial charge in [-0.2, -0.15) is 5.10 Å². The van der Waals surface area contributed by atoms with Crippen LogP contribution in [0.3, 0.4) is 0 Å². The van der Waals surface area contributed by atoms with E-state index in [4.69, 9.17) is 4.52 Å². The van der Waals surface area contributed by atoms with Crippen LogP contribution < -0.4 is 0 Å². The standard InChI is InChI=1S/C16H22N4O2/c1-11(2)15-10-13(18-22-15)16(21)20-8-5-4-6-14(20)12-7-9-19(3)17-12/h7,9-11,14H,4-6,8H2,1-3H3/t14-/m0/s1. The van der Waals surface area contributed by atoms with Crippen molar-refractivity contribution in [1.82, 2.24) is 19.8 Å². The number of likely N-dealkylation sites (tertiary alicyclic amines) is 1. The van der Waals surface area contributed by atoms with Crippen LogP contribution >= 0.6 is 0 Å². The maximum absolute atomic E-state index is 12.8. The van der Waals surface area contributed by atoms with Crippen LogP contribution in [0.4, 0.5) is 0 Å². The number of piperidine rings is 1. The molecule has 0 aromatic carbocycles. The second kappa shape index (κ2) is 5.94. The van der Waals surface area contributed by atoms with Gasteiger partial charge < -0.3 is 9.42 Å². The van der Waals surface area contributed by atoms with Crippen molar-refractivity contribution >= 4 is 5.91 Å². The summed E-state index contributed by atoms with van der Waals surface area (Å²) in [6.45, 7) is 4.78. The van der Waals surface area contributed by atoms with E-state index >= 15 is 0 Å². The highest BCUT2D eigenvalue weighted by molar-refractivity contribution is 5.92. The number of carbonyl (C=O) groups excluding carboxylic acids is 1. The zero-order chi connectivity index (χ0) is 15.7. The topological polar surface area (TPSA) is 64.2 Å². The predicted molar refractivity (Wildman–Crippen MR) is 81.4 cm³/mol. The molecule has 0 aliphatic carbocycles. The molecule has 1 atom stereocenters. The Kier molecular flexibility index (Phi) is 4.00. The van der Waals surface area contributed by atoms with Crippen molar-refractivity contribution in [1.29, 1.82) is 0 Å². The van der Waals surface area contributed by atoms with E-state index in [2.05, 4.69) is 10.3 Å². The normalized spacial score (nSPS) is 18.9. The Morgan fingerprint density at radius 2 is 2.23 bits per heavy atom. The van der Waals surface area contributed by atoms with E-state index in [1.54, 1.807) is 10.7 Å². The Morgan fingerprint density at radius 3 is 2.86 bits per heavy atom. The summed E-state index contributed by atoms with van der Waals surface area (Å²) < 4.78 is 7.04. The summed E-state index contributed by atoms with van der Waals surface area (Å²) in [7, 11) is 1.89. The highest BCUT2D eigenvalue weighted by Gasteiger charge is 2.31. The number of aromatic nitrogens is 3. The first-order valence-electron chi connectivity index (χ1n) is 7.83. The molecule has 3 heterocycles. The maximum Gasteiger partial charge on any atom is 0.276 e. The molecule has 1 saturated heterocycles. The molecule has 0 N–H and O–H groups in total. The molecule has 0 saturated carbocycles. The number of rotatable bonds is 3. The molecule has 22 heavy (non-hydrogen) atoms. The summed E-state index contributed by atoms with van der Waals surface area (Å²) in [4.78, 5) is 14.7. The molecule has 0 spiro atoms. The van der Waals surface area contributed by atoms with E-state index in [0.717, 1.165) is 37.3 Å². The summed E-state index contributed by atoms with van der Waals surface area (Å²) in [6, 6.07) is 3.78. The lowest BCUT2D eigenvalue weighted by molar-refractivity contribution is 0.0594. The highest BCUT2D eigenvalue weighted by Crippen LogP contribution is 2.31. The summed E-state index contributed by atoms with van der Waals surface area (Å²) >= 11 is 0. The molecule has 1 aliphatic heterocycles. The molecule has 1 amide bonds. The summed E-state index contributed by atoms with van der Waals surface area (Å²) in [5.74, 6) is 0.905. The lowest BCUT2D eigenvalue weighted by Crippen LogP contribution is -2.38. The van der Waals surface area contributed by atoms with Crippen molar-refractivity contribution < 1.29 is 9.32 Å². The van der Waals surface area contributed by atoms with Crippen molar-refractivity contribution in [3.63, 3.8) is 0 Å². The molecule has 6 heteroatoms. The van der Waals surface area contributed by atoms with Crippen LogP contribution in [0.1, 0.15) is 67.0 Å². The first-order chi connectivity index (χ1) is 10.6. The molecular formula is C16H22N4O2. The van der Waals surface area contributed by atoms with Gasteiger partial charge >= 0.3 is 0 Å². The van der Waals surface area contributed by atoms with Gasteiger partial charge in [0.2, 0.25) is 0 Å².